The predicted molar refractivity (Wildman–Crippen MR) is 82.8 cm³/mol. The van der Waals surface area contributed by atoms with E-state index < -0.39 is 0 Å². The lowest BCUT2D eigenvalue weighted by Crippen LogP contribution is -2.24. The molecule has 2 rings (SSSR count). The zero-order valence-electron chi connectivity index (χ0n) is 13.3. The van der Waals surface area contributed by atoms with Crippen molar-refractivity contribution >= 4 is 6.41 Å². The minimum atomic E-state index is -0.160. The molecular weight excluding hydrogens is 296 g/mol. The van der Waals surface area contributed by atoms with Crippen LogP contribution in [0.4, 0.5) is 0 Å². The van der Waals surface area contributed by atoms with Crippen molar-refractivity contribution in [2.75, 3.05) is 6.54 Å². The SMILES string of the molecule is CCCCC[C@H](CN(O)C=O)c1nnc(Cc2cccnc2)o1. The van der Waals surface area contributed by atoms with E-state index in [1.807, 2.05) is 12.1 Å². The Hall–Kier alpha value is -2.28. The molecule has 124 valence electrons. The number of hydrogen-bond donors (Lipinski definition) is 1. The summed E-state index contributed by atoms with van der Waals surface area (Å²) >= 11 is 0. The van der Waals surface area contributed by atoms with Gasteiger partial charge in [0.25, 0.3) is 0 Å². The van der Waals surface area contributed by atoms with E-state index in [0.29, 0.717) is 29.7 Å². The van der Waals surface area contributed by atoms with E-state index in [1.165, 1.54) is 0 Å². The number of carbonyl (C=O) groups excluding carboxylic acids is 1. The van der Waals surface area contributed by atoms with Gasteiger partial charge in [-0.25, -0.2) is 5.06 Å². The third-order valence-electron chi connectivity index (χ3n) is 3.60. The van der Waals surface area contributed by atoms with Crippen molar-refractivity contribution in [1.82, 2.24) is 20.2 Å². The van der Waals surface area contributed by atoms with Gasteiger partial charge in [0.05, 0.1) is 18.9 Å². The summed E-state index contributed by atoms with van der Waals surface area (Å²) in [6.07, 6.45) is 8.31. The van der Waals surface area contributed by atoms with Crippen LogP contribution in [0.25, 0.3) is 0 Å². The highest BCUT2D eigenvalue weighted by molar-refractivity contribution is 5.44. The average molecular weight is 318 g/mol. The molecule has 0 aliphatic carbocycles. The topological polar surface area (TPSA) is 92.3 Å². The second-order valence-corrected chi connectivity index (χ2v) is 5.49. The molecule has 1 N–H and O–H groups in total. The number of nitrogens with zero attached hydrogens (tertiary/aromatic N) is 4. The molecule has 0 aromatic carbocycles. The predicted octanol–water partition coefficient (Wildman–Crippen LogP) is 2.57. The van der Waals surface area contributed by atoms with Gasteiger partial charge >= 0.3 is 0 Å². The minimum absolute atomic E-state index is 0.155. The fourth-order valence-electron chi connectivity index (χ4n) is 2.38. The Morgan fingerprint density at radius 2 is 2.26 bits per heavy atom. The van der Waals surface area contributed by atoms with Crippen LogP contribution in [-0.2, 0) is 11.2 Å². The molecule has 23 heavy (non-hydrogen) atoms. The van der Waals surface area contributed by atoms with Crippen LogP contribution < -0.4 is 0 Å². The molecule has 2 aromatic rings. The highest BCUT2D eigenvalue weighted by atomic mass is 16.5. The Morgan fingerprint density at radius 3 is 2.96 bits per heavy atom. The Kier molecular flexibility index (Phi) is 6.68. The largest absolute Gasteiger partial charge is 0.425 e. The second-order valence-electron chi connectivity index (χ2n) is 5.49. The first-order valence-corrected chi connectivity index (χ1v) is 7.85. The molecule has 0 saturated heterocycles. The Balaban J connectivity index is 2.04. The normalized spacial score (nSPS) is 12.1. The average Bonchev–Trinajstić information content (AvgIpc) is 3.03. The van der Waals surface area contributed by atoms with Gasteiger partial charge in [-0.15, -0.1) is 10.2 Å². The maximum Gasteiger partial charge on any atom is 0.233 e. The number of pyridine rings is 1. The van der Waals surface area contributed by atoms with E-state index in [0.717, 1.165) is 31.2 Å². The summed E-state index contributed by atoms with van der Waals surface area (Å²) in [5.74, 6) is 0.803. The Labute approximate surface area is 135 Å². The summed E-state index contributed by atoms with van der Waals surface area (Å²) < 4.78 is 5.72. The van der Waals surface area contributed by atoms with Crippen LogP contribution in [0.15, 0.2) is 28.9 Å². The van der Waals surface area contributed by atoms with Crippen molar-refractivity contribution in [3.8, 4) is 0 Å². The van der Waals surface area contributed by atoms with Crippen LogP contribution in [0.3, 0.4) is 0 Å². The molecule has 2 aromatic heterocycles. The van der Waals surface area contributed by atoms with Gasteiger partial charge in [-0.2, -0.15) is 0 Å². The van der Waals surface area contributed by atoms with Crippen molar-refractivity contribution in [3.05, 3.63) is 41.9 Å². The number of aromatic nitrogens is 3. The van der Waals surface area contributed by atoms with Crippen molar-refractivity contribution in [3.63, 3.8) is 0 Å². The molecule has 0 aliphatic heterocycles. The van der Waals surface area contributed by atoms with Gasteiger partial charge in [-0.05, 0) is 18.1 Å². The number of hydroxylamine groups is 2. The molecule has 0 fully saturated rings. The third kappa shape index (κ3) is 5.45. The van der Waals surface area contributed by atoms with Gasteiger partial charge in [-0.3, -0.25) is 15.0 Å². The zero-order chi connectivity index (χ0) is 16.5. The van der Waals surface area contributed by atoms with Gasteiger partial charge in [0.2, 0.25) is 18.2 Å². The fourth-order valence-corrected chi connectivity index (χ4v) is 2.38. The number of hydrogen-bond acceptors (Lipinski definition) is 6. The Bertz CT molecular complexity index is 588. The van der Waals surface area contributed by atoms with Crippen LogP contribution in [0.1, 0.15) is 55.9 Å². The molecule has 0 unspecified atom stereocenters. The van der Waals surface area contributed by atoms with Crippen LogP contribution in [-0.4, -0.2) is 38.4 Å². The van der Waals surface area contributed by atoms with Gasteiger partial charge in [0.1, 0.15) is 0 Å². The molecule has 2 heterocycles. The van der Waals surface area contributed by atoms with Gasteiger partial charge in [0.15, 0.2) is 0 Å². The summed E-state index contributed by atoms with van der Waals surface area (Å²) in [4.78, 5) is 14.7. The summed E-state index contributed by atoms with van der Waals surface area (Å²) in [5.41, 5.74) is 0.988. The molecule has 7 nitrogen and oxygen atoms in total. The lowest BCUT2D eigenvalue weighted by Gasteiger charge is -2.16. The molecule has 0 aliphatic rings. The number of unbranched alkanes of at least 4 members (excludes halogenated alkanes) is 2. The molecule has 0 spiro atoms. The van der Waals surface area contributed by atoms with Crippen LogP contribution in [0.2, 0.25) is 0 Å². The van der Waals surface area contributed by atoms with E-state index in [1.54, 1.807) is 12.4 Å². The van der Waals surface area contributed by atoms with E-state index in [4.69, 9.17) is 4.42 Å². The summed E-state index contributed by atoms with van der Waals surface area (Å²) in [7, 11) is 0. The van der Waals surface area contributed by atoms with Crippen molar-refractivity contribution in [1.29, 1.82) is 0 Å². The number of rotatable bonds is 10. The first-order chi connectivity index (χ1) is 11.2. The van der Waals surface area contributed by atoms with Crippen LogP contribution in [0, 0.1) is 0 Å². The third-order valence-corrected chi connectivity index (χ3v) is 3.60. The smallest absolute Gasteiger partial charge is 0.233 e. The van der Waals surface area contributed by atoms with Crippen molar-refractivity contribution in [2.24, 2.45) is 0 Å². The summed E-state index contributed by atoms with van der Waals surface area (Å²) in [6.45, 7) is 2.28. The van der Waals surface area contributed by atoms with Crippen LogP contribution in [0.5, 0.6) is 0 Å². The maximum absolute atomic E-state index is 10.7. The van der Waals surface area contributed by atoms with E-state index in [2.05, 4.69) is 22.1 Å². The molecular formula is C16H22N4O3. The van der Waals surface area contributed by atoms with Crippen molar-refractivity contribution in [2.45, 2.75) is 44.9 Å². The summed E-state index contributed by atoms with van der Waals surface area (Å²) in [6, 6.07) is 3.80. The quantitative estimate of drug-likeness (QED) is 0.313. The first kappa shape index (κ1) is 17.1. The maximum atomic E-state index is 10.7. The lowest BCUT2D eigenvalue weighted by molar-refractivity contribution is -0.151. The highest BCUT2D eigenvalue weighted by Crippen LogP contribution is 2.23. The lowest BCUT2D eigenvalue weighted by atomic mass is 10.0. The van der Waals surface area contributed by atoms with Gasteiger partial charge in [-0.1, -0.05) is 32.3 Å². The number of amides is 1. The molecule has 0 bridgehead atoms. The van der Waals surface area contributed by atoms with Crippen molar-refractivity contribution < 1.29 is 14.4 Å². The molecule has 1 atom stereocenters. The van der Waals surface area contributed by atoms with Gasteiger partial charge in [0, 0.05) is 12.4 Å². The number of carbonyl (C=O) groups is 1. The fraction of sp³-hybridized carbons (Fsp3) is 0.500. The Morgan fingerprint density at radius 1 is 1.39 bits per heavy atom. The van der Waals surface area contributed by atoms with Gasteiger partial charge < -0.3 is 4.42 Å². The minimum Gasteiger partial charge on any atom is -0.425 e. The highest BCUT2D eigenvalue weighted by Gasteiger charge is 2.21. The second kappa shape index (κ2) is 8.99. The monoisotopic (exact) mass is 318 g/mol. The van der Waals surface area contributed by atoms with E-state index in [9.17, 15) is 10.0 Å². The summed E-state index contributed by atoms with van der Waals surface area (Å²) in [5, 5.41) is 18.2. The van der Waals surface area contributed by atoms with E-state index in [-0.39, 0.29) is 12.5 Å². The standard InChI is InChI=1S/C16H22N4O3/c1-2-3-4-7-14(11-20(22)12-21)16-19-18-15(23-16)9-13-6-5-8-17-10-13/h5-6,8,10,12,14,22H,2-4,7,9,11H2,1H3/t14-/m1/s1. The first-order valence-electron chi connectivity index (χ1n) is 7.85. The molecule has 0 radical (unpaired) electrons. The van der Waals surface area contributed by atoms with Crippen LogP contribution >= 0.6 is 0 Å². The molecule has 0 saturated carbocycles. The molecule has 1 amide bonds. The van der Waals surface area contributed by atoms with E-state index >= 15 is 0 Å². The molecule has 7 heteroatoms. The zero-order valence-corrected chi connectivity index (χ0v) is 13.3.